The summed E-state index contributed by atoms with van der Waals surface area (Å²) < 4.78 is 27.0. The molecule has 1 aromatic carbocycles. The number of carboxylic acid groups (broad SMARTS) is 1. The van der Waals surface area contributed by atoms with E-state index >= 15 is 0 Å². The van der Waals surface area contributed by atoms with E-state index in [0.717, 1.165) is 19.0 Å². The molecule has 8 heteroatoms. The lowest BCUT2D eigenvalue weighted by molar-refractivity contribution is 0.0697. The summed E-state index contributed by atoms with van der Waals surface area (Å²) >= 11 is 5.79. The fourth-order valence-corrected chi connectivity index (χ4v) is 3.77. The van der Waals surface area contributed by atoms with Gasteiger partial charge in [0.2, 0.25) is 10.0 Å². The second-order valence-electron chi connectivity index (χ2n) is 4.82. The van der Waals surface area contributed by atoms with Crippen LogP contribution in [0, 0.1) is 0 Å². The van der Waals surface area contributed by atoms with Crippen LogP contribution < -0.4 is 4.72 Å². The van der Waals surface area contributed by atoms with Gasteiger partial charge >= 0.3 is 5.97 Å². The van der Waals surface area contributed by atoms with Gasteiger partial charge in [0.1, 0.15) is 0 Å². The Morgan fingerprint density at radius 1 is 1.50 bits per heavy atom. The molecule has 1 saturated heterocycles. The van der Waals surface area contributed by atoms with Crippen molar-refractivity contribution in [2.24, 2.45) is 0 Å². The van der Waals surface area contributed by atoms with Crippen LogP contribution in [0.2, 0.25) is 5.02 Å². The molecule has 1 atom stereocenters. The van der Waals surface area contributed by atoms with Crippen molar-refractivity contribution in [1.82, 2.24) is 9.62 Å². The zero-order chi connectivity index (χ0) is 14.9. The van der Waals surface area contributed by atoms with Gasteiger partial charge in [-0.3, -0.25) is 0 Å². The Labute approximate surface area is 122 Å². The first kappa shape index (κ1) is 15.2. The first-order valence-electron chi connectivity index (χ1n) is 6.03. The monoisotopic (exact) mass is 318 g/mol. The van der Waals surface area contributed by atoms with Gasteiger partial charge in [0.15, 0.2) is 0 Å². The van der Waals surface area contributed by atoms with Crippen LogP contribution in [0.25, 0.3) is 0 Å². The second-order valence-corrected chi connectivity index (χ2v) is 6.94. The number of aromatic carboxylic acids is 1. The normalized spacial score (nSPS) is 20.2. The van der Waals surface area contributed by atoms with Crippen LogP contribution in [0.4, 0.5) is 0 Å². The van der Waals surface area contributed by atoms with E-state index in [9.17, 15) is 13.2 Å². The maximum absolute atomic E-state index is 12.2. The van der Waals surface area contributed by atoms with Gasteiger partial charge in [-0.1, -0.05) is 11.6 Å². The summed E-state index contributed by atoms with van der Waals surface area (Å²) in [4.78, 5) is 12.9. The molecule has 2 rings (SSSR count). The number of rotatable bonds is 4. The average Bonchev–Trinajstić information content (AvgIpc) is 2.73. The van der Waals surface area contributed by atoms with Crippen molar-refractivity contribution in [2.75, 3.05) is 20.1 Å². The van der Waals surface area contributed by atoms with Gasteiger partial charge in [0.25, 0.3) is 0 Å². The highest BCUT2D eigenvalue weighted by Gasteiger charge is 2.26. The Morgan fingerprint density at radius 3 is 2.70 bits per heavy atom. The molecule has 1 aromatic rings. The molecule has 6 nitrogen and oxygen atoms in total. The molecule has 0 aromatic heterocycles. The molecule has 1 heterocycles. The van der Waals surface area contributed by atoms with Gasteiger partial charge in [-0.25, -0.2) is 17.9 Å². The van der Waals surface area contributed by atoms with Crippen LogP contribution in [-0.4, -0.2) is 50.6 Å². The van der Waals surface area contributed by atoms with E-state index in [2.05, 4.69) is 4.72 Å². The third kappa shape index (κ3) is 3.29. The first-order valence-corrected chi connectivity index (χ1v) is 7.89. The first-order chi connectivity index (χ1) is 9.29. The number of sulfonamides is 1. The summed E-state index contributed by atoms with van der Waals surface area (Å²) in [7, 11) is -1.76. The number of likely N-dealkylation sites (N-methyl/N-ethyl adjacent to an activating group) is 1. The van der Waals surface area contributed by atoms with Crippen LogP contribution in [-0.2, 0) is 10.0 Å². The maximum atomic E-state index is 12.2. The van der Waals surface area contributed by atoms with E-state index in [-0.39, 0.29) is 21.5 Å². The molecule has 2 N–H and O–H groups in total. The molecule has 1 fully saturated rings. The van der Waals surface area contributed by atoms with Crippen LogP contribution in [0.15, 0.2) is 23.1 Å². The zero-order valence-corrected chi connectivity index (χ0v) is 12.4. The van der Waals surface area contributed by atoms with E-state index in [1.54, 1.807) is 0 Å². The molecule has 0 spiro atoms. The number of carboxylic acids is 1. The SMILES string of the molecule is CN1CCC(NS(=O)(=O)c2ccc(C(=O)O)c(Cl)c2)C1. The Kier molecular flexibility index (Phi) is 4.33. The predicted molar refractivity (Wildman–Crippen MR) is 74.6 cm³/mol. The minimum absolute atomic E-state index is 0.0259. The van der Waals surface area contributed by atoms with Gasteiger partial charge < -0.3 is 10.0 Å². The van der Waals surface area contributed by atoms with Crippen LogP contribution >= 0.6 is 11.6 Å². The number of hydrogen-bond acceptors (Lipinski definition) is 4. The van der Waals surface area contributed by atoms with Gasteiger partial charge in [0, 0.05) is 12.6 Å². The Balaban J connectivity index is 2.21. The van der Waals surface area contributed by atoms with Crippen molar-refractivity contribution in [3.63, 3.8) is 0 Å². The number of likely N-dealkylation sites (tertiary alicyclic amines) is 1. The minimum Gasteiger partial charge on any atom is -0.478 e. The highest BCUT2D eigenvalue weighted by atomic mass is 35.5. The largest absolute Gasteiger partial charge is 0.478 e. The standard InChI is InChI=1S/C12H15ClN2O4S/c1-15-5-4-8(7-15)14-20(18,19)9-2-3-10(12(16)17)11(13)6-9/h2-3,6,8,14H,4-5,7H2,1H3,(H,16,17). The van der Waals surface area contributed by atoms with Gasteiger partial charge in [-0.2, -0.15) is 0 Å². The summed E-state index contributed by atoms with van der Waals surface area (Å²) in [6.07, 6.45) is 0.747. The Morgan fingerprint density at radius 2 is 2.20 bits per heavy atom. The fourth-order valence-electron chi connectivity index (χ4n) is 2.16. The lowest BCUT2D eigenvalue weighted by atomic mass is 10.2. The van der Waals surface area contributed by atoms with Crippen LogP contribution in [0.1, 0.15) is 16.8 Å². The van der Waals surface area contributed by atoms with Gasteiger partial charge in [-0.15, -0.1) is 0 Å². The summed E-state index contributed by atoms with van der Waals surface area (Å²) in [5.41, 5.74) is -0.119. The Hall–Kier alpha value is -1.15. The lowest BCUT2D eigenvalue weighted by Gasteiger charge is -2.13. The van der Waals surface area contributed by atoms with E-state index < -0.39 is 16.0 Å². The minimum atomic E-state index is -3.69. The van der Waals surface area contributed by atoms with Gasteiger partial charge in [-0.05, 0) is 38.2 Å². The summed E-state index contributed by atoms with van der Waals surface area (Å²) in [6.45, 7) is 1.49. The third-order valence-electron chi connectivity index (χ3n) is 3.19. The summed E-state index contributed by atoms with van der Waals surface area (Å²) in [6, 6.07) is 3.46. The van der Waals surface area contributed by atoms with E-state index in [1.165, 1.54) is 12.1 Å². The number of halogens is 1. The third-order valence-corrected chi connectivity index (χ3v) is 5.03. The smallest absolute Gasteiger partial charge is 0.337 e. The van der Waals surface area contributed by atoms with Crippen molar-refractivity contribution >= 4 is 27.6 Å². The van der Waals surface area contributed by atoms with Crippen molar-refractivity contribution in [3.8, 4) is 0 Å². The highest BCUT2D eigenvalue weighted by Crippen LogP contribution is 2.21. The molecule has 0 aliphatic carbocycles. The molecule has 0 radical (unpaired) electrons. The topological polar surface area (TPSA) is 86.7 Å². The molecule has 0 amide bonds. The van der Waals surface area contributed by atoms with Crippen molar-refractivity contribution in [2.45, 2.75) is 17.4 Å². The number of hydrogen-bond donors (Lipinski definition) is 2. The van der Waals surface area contributed by atoms with Crippen molar-refractivity contribution < 1.29 is 18.3 Å². The quantitative estimate of drug-likeness (QED) is 0.865. The number of benzene rings is 1. The van der Waals surface area contributed by atoms with Gasteiger partial charge in [0.05, 0.1) is 15.5 Å². The second kappa shape index (κ2) is 5.69. The molecule has 110 valence electrons. The highest BCUT2D eigenvalue weighted by molar-refractivity contribution is 7.89. The lowest BCUT2D eigenvalue weighted by Crippen LogP contribution is -2.36. The van der Waals surface area contributed by atoms with Crippen molar-refractivity contribution in [3.05, 3.63) is 28.8 Å². The average molecular weight is 319 g/mol. The molecular weight excluding hydrogens is 304 g/mol. The molecule has 1 aliphatic heterocycles. The molecular formula is C12H15ClN2O4S. The molecule has 1 unspecified atom stereocenters. The number of nitrogens with zero attached hydrogens (tertiary/aromatic N) is 1. The van der Waals surface area contributed by atoms with E-state index in [0.29, 0.717) is 6.54 Å². The fraction of sp³-hybridized carbons (Fsp3) is 0.417. The molecule has 20 heavy (non-hydrogen) atoms. The molecule has 0 bridgehead atoms. The van der Waals surface area contributed by atoms with Crippen LogP contribution in [0.5, 0.6) is 0 Å². The van der Waals surface area contributed by atoms with E-state index in [4.69, 9.17) is 16.7 Å². The molecule has 1 aliphatic rings. The predicted octanol–water partition coefficient (Wildman–Crippen LogP) is 1.02. The number of nitrogens with one attached hydrogen (secondary N) is 1. The zero-order valence-electron chi connectivity index (χ0n) is 10.8. The van der Waals surface area contributed by atoms with E-state index in [1.807, 2.05) is 11.9 Å². The van der Waals surface area contributed by atoms with Crippen LogP contribution in [0.3, 0.4) is 0 Å². The summed E-state index contributed by atoms with van der Waals surface area (Å²) in [5, 5.41) is 8.77. The number of carbonyl (C=O) groups is 1. The maximum Gasteiger partial charge on any atom is 0.337 e. The summed E-state index contributed by atoms with van der Waals surface area (Å²) in [5.74, 6) is -1.19. The Bertz CT molecular complexity index is 632. The molecule has 0 saturated carbocycles. The van der Waals surface area contributed by atoms with Crippen molar-refractivity contribution in [1.29, 1.82) is 0 Å².